The maximum absolute atomic E-state index is 13.1. The van der Waals surface area contributed by atoms with Gasteiger partial charge in [-0.05, 0) is 17.7 Å². The third-order valence-corrected chi connectivity index (χ3v) is 3.23. The van der Waals surface area contributed by atoms with Gasteiger partial charge in [0, 0.05) is 12.1 Å². The summed E-state index contributed by atoms with van der Waals surface area (Å²) in [5.41, 5.74) is 0.576. The molecule has 1 aliphatic heterocycles. The molecule has 2 amide bonds. The normalized spacial score (nSPS) is 18.4. The van der Waals surface area contributed by atoms with Gasteiger partial charge < -0.3 is 5.32 Å². The van der Waals surface area contributed by atoms with Crippen molar-refractivity contribution in [3.05, 3.63) is 29.6 Å². The molecule has 0 saturated heterocycles. The van der Waals surface area contributed by atoms with E-state index in [1.54, 1.807) is 0 Å². The van der Waals surface area contributed by atoms with Gasteiger partial charge in [0.05, 0.1) is 12.2 Å². The number of rotatable bonds is 2. The minimum absolute atomic E-state index is 0.181. The Hall–Kier alpha value is -1.96. The molecule has 0 aromatic heterocycles. The number of sulfonamides is 1. The average molecular weight is 286 g/mol. The Labute approximate surface area is 109 Å². The Bertz CT molecular complexity index is 657. The molecule has 0 spiro atoms. The molecule has 6 nitrogen and oxygen atoms in total. The van der Waals surface area contributed by atoms with Crippen LogP contribution in [0.4, 0.5) is 10.1 Å². The number of carbonyl (C=O) groups is 2. The maximum Gasteiger partial charge on any atom is 0.241 e. The van der Waals surface area contributed by atoms with Crippen molar-refractivity contribution in [2.45, 2.75) is 12.3 Å². The second-order valence-corrected chi connectivity index (χ2v) is 6.02. The Morgan fingerprint density at radius 2 is 2.16 bits per heavy atom. The maximum atomic E-state index is 13.1. The van der Waals surface area contributed by atoms with Crippen molar-refractivity contribution in [2.75, 3.05) is 11.6 Å². The first-order valence-electron chi connectivity index (χ1n) is 5.37. The highest BCUT2D eigenvalue weighted by Gasteiger charge is 2.32. The number of amides is 2. The standard InChI is InChI=1S/C11H11FN2O4S/c1-19(17,18)14-11(16)8-5-10(15)13-9-4-6(12)2-3-7(8)9/h2-4,8H,5H2,1H3,(H,13,15)(H,14,16)/t8-/m1/s1. The first-order valence-corrected chi connectivity index (χ1v) is 7.26. The van der Waals surface area contributed by atoms with Gasteiger partial charge in [0.1, 0.15) is 5.82 Å². The van der Waals surface area contributed by atoms with Gasteiger partial charge in [-0.1, -0.05) is 6.07 Å². The van der Waals surface area contributed by atoms with Crippen LogP contribution in [0, 0.1) is 5.82 Å². The number of carbonyl (C=O) groups excluding carboxylic acids is 2. The first-order chi connectivity index (χ1) is 8.76. The monoisotopic (exact) mass is 286 g/mol. The smallest absolute Gasteiger partial charge is 0.241 e. The fourth-order valence-corrected chi connectivity index (χ4v) is 2.43. The van der Waals surface area contributed by atoms with Crippen LogP contribution in [-0.4, -0.2) is 26.5 Å². The minimum atomic E-state index is -3.71. The molecule has 0 unspecified atom stereocenters. The summed E-state index contributed by atoms with van der Waals surface area (Å²) in [6.45, 7) is 0. The van der Waals surface area contributed by atoms with E-state index in [0.29, 0.717) is 5.56 Å². The van der Waals surface area contributed by atoms with Crippen LogP contribution in [0.2, 0.25) is 0 Å². The molecule has 1 aliphatic rings. The predicted molar refractivity (Wildman–Crippen MR) is 65.4 cm³/mol. The number of fused-ring (bicyclic) bond motifs is 1. The highest BCUT2D eigenvalue weighted by Crippen LogP contribution is 2.32. The molecule has 102 valence electrons. The lowest BCUT2D eigenvalue weighted by Crippen LogP contribution is -2.37. The van der Waals surface area contributed by atoms with E-state index in [9.17, 15) is 22.4 Å². The van der Waals surface area contributed by atoms with Gasteiger partial charge >= 0.3 is 0 Å². The van der Waals surface area contributed by atoms with E-state index in [-0.39, 0.29) is 12.1 Å². The van der Waals surface area contributed by atoms with Crippen molar-refractivity contribution in [1.82, 2.24) is 4.72 Å². The van der Waals surface area contributed by atoms with E-state index in [1.807, 2.05) is 4.72 Å². The molecule has 0 bridgehead atoms. The number of hydrogen-bond donors (Lipinski definition) is 2. The molecule has 2 N–H and O–H groups in total. The van der Waals surface area contributed by atoms with Gasteiger partial charge in [0.2, 0.25) is 21.8 Å². The van der Waals surface area contributed by atoms with Crippen LogP contribution in [-0.2, 0) is 19.6 Å². The van der Waals surface area contributed by atoms with Gasteiger partial charge in [-0.25, -0.2) is 12.8 Å². The van der Waals surface area contributed by atoms with Crippen molar-refractivity contribution in [3.63, 3.8) is 0 Å². The summed E-state index contributed by atoms with van der Waals surface area (Å²) in [6, 6.07) is 3.60. The van der Waals surface area contributed by atoms with Crippen molar-refractivity contribution in [3.8, 4) is 0 Å². The zero-order chi connectivity index (χ0) is 14.2. The predicted octanol–water partition coefficient (Wildman–Crippen LogP) is 0.327. The van der Waals surface area contributed by atoms with Gasteiger partial charge in [-0.2, -0.15) is 0 Å². The highest BCUT2D eigenvalue weighted by molar-refractivity contribution is 7.89. The van der Waals surface area contributed by atoms with E-state index in [2.05, 4.69) is 5.32 Å². The number of halogens is 1. The third-order valence-electron chi connectivity index (χ3n) is 2.66. The minimum Gasteiger partial charge on any atom is -0.326 e. The van der Waals surface area contributed by atoms with Crippen LogP contribution >= 0.6 is 0 Å². The zero-order valence-corrected chi connectivity index (χ0v) is 10.8. The SMILES string of the molecule is CS(=O)(=O)NC(=O)[C@@H]1CC(=O)Nc2cc(F)ccc21. The fraction of sp³-hybridized carbons (Fsp3) is 0.273. The van der Waals surface area contributed by atoms with Crippen molar-refractivity contribution in [1.29, 1.82) is 0 Å². The number of nitrogens with one attached hydrogen (secondary N) is 2. The number of anilines is 1. The van der Waals surface area contributed by atoms with Crippen LogP contribution in [0.3, 0.4) is 0 Å². The molecular formula is C11H11FN2O4S. The number of benzene rings is 1. The molecule has 19 heavy (non-hydrogen) atoms. The molecule has 0 saturated carbocycles. The van der Waals surface area contributed by atoms with Crippen LogP contribution in [0.25, 0.3) is 0 Å². The van der Waals surface area contributed by atoms with E-state index in [0.717, 1.165) is 18.4 Å². The topological polar surface area (TPSA) is 92.3 Å². The van der Waals surface area contributed by atoms with E-state index in [1.165, 1.54) is 6.07 Å². The first kappa shape index (κ1) is 13.5. The van der Waals surface area contributed by atoms with Gasteiger partial charge in [-0.3, -0.25) is 14.3 Å². The molecule has 1 aromatic carbocycles. The average Bonchev–Trinajstić information content (AvgIpc) is 2.24. The van der Waals surface area contributed by atoms with Crippen LogP contribution in [0.1, 0.15) is 17.9 Å². The quantitative estimate of drug-likeness (QED) is 0.819. The van der Waals surface area contributed by atoms with E-state index < -0.39 is 33.6 Å². The Morgan fingerprint density at radius 3 is 2.79 bits per heavy atom. The highest BCUT2D eigenvalue weighted by atomic mass is 32.2. The summed E-state index contributed by atoms with van der Waals surface area (Å²) < 4.78 is 37.0. The van der Waals surface area contributed by atoms with Crippen molar-refractivity contribution >= 4 is 27.5 Å². The lowest BCUT2D eigenvalue weighted by molar-refractivity contribution is -0.125. The molecule has 8 heteroatoms. The molecule has 2 rings (SSSR count). The van der Waals surface area contributed by atoms with Crippen LogP contribution < -0.4 is 10.0 Å². The molecular weight excluding hydrogens is 275 g/mol. The Kier molecular flexibility index (Phi) is 3.27. The third kappa shape index (κ3) is 3.08. The van der Waals surface area contributed by atoms with Crippen molar-refractivity contribution in [2.24, 2.45) is 0 Å². The van der Waals surface area contributed by atoms with E-state index in [4.69, 9.17) is 0 Å². The summed E-state index contributed by atoms with van der Waals surface area (Å²) >= 11 is 0. The van der Waals surface area contributed by atoms with Crippen LogP contribution in [0.5, 0.6) is 0 Å². The molecule has 1 aromatic rings. The molecule has 0 aliphatic carbocycles. The fourth-order valence-electron chi connectivity index (χ4n) is 1.92. The van der Waals surface area contributed by atoms with Crippen molar-refractivity contribution < 1.29 is 22.4 Å². The molecule has 1 atom stereocenters. The zero-order valence-electron chi connectivity index (χ0n) is 9.94. The summed E-state index contributed by atoms with van der Waals surface area (Å²) in [5.74, 6) is -2.76. The lowest BCUT2D eigenvalue weighted by atomic mass is 9.90. The summed E-state index contributed by atoms with van der Waals surface area (Å²) in [5, 5.41) is 2.44. The van der Waals surface area contributed by atoms with Gasteiger partial charge in [-0.15, -0.1) is 0 Å². The van der Waals surface area contributed by atoms with Crippen LogP contribution in [0.15, 0.2) is 18.2 Å². The van der Waals surface area contributed by atoms with Gasteiger partial charge in [0.15, 0.2) is 0 Å². The number of hydrogen-bond acceptors (Lipinski definition) is 4. The summed E-state index contributed by atoms with van der Waals surface area (Å²) in [4.78, 5) is 23.3. The second kappa shape index (κ2) is 4.61. The second-order valence-electron chi connectivity index (χ2n) is 4.27. The Morgan fingerprint density at radius 1 is 1.47 bits per heavy atom. The molecule has 0 radical (unpaired) electrons. The molecule has 1 heterocycles. The van der Waals surface area contributed by atoms with Gasteiger partial charge in [0.25, 0.3) is 0 Å². The largest absolute Gasteiger partial charge is 0.326 e. The molecule has 0 fully saturated rings. The summed E-state index contributed by atoms with van der Waals surface area (Å²) in [6.07, 6.45) is 0.666. The van der Waals surface area contributed by atoms with E-state index >= 15 is 0 Å². The summed E-state index contributed by atoms with van der Waals surface area (Å²) in [7, 11) is -3.71. The Balaban J connectivity index is 2.38. The lowest BCUT2D eigenvalue weighted by Gasteiger charge is -2.24.